The van der Waals surface area contributed by atoms with Crippen LogP contribution in [0.25, 0.3) is 0 Å². The highest BCUT2D eigenvalue weighted by Crippen LogP contribution is 1.92. The Balaban J connectivity index is 3.34. The van der Waals surface area contributed by atoms with E-state index in [1.165, 1.54) is 0 Å². The van der Waals surface area contributed by atoms with Crippen LogP contribution in [-0.4, -0.2) is 29.4 Å². The molecule has 0 aliphatic heterocycles. The Morgan fingerprint density at radius 1 is 1.54 bits per heavy atom. The minimum Gasteiger partial charge on any atom is -0.598 e. The van der Waals surface area contributed by atoms with E-state index < -0.39 is 11.4 Å². The number of esters is 1. The molecule has 0 aromatic heterocycles. The molecule has 78 valence electrons. The molecule has 0 aromatic rings. The lowest BCUT2D eigenvalue weighted by atomic mass is 10.4. The van der Waals surface area contributed by atoms with Gasteiger partial charge in [-0.25, -0.2) is 0 Å². The van der Waals surface area contributed by atoms with Crippen LogP contribution in [0.5, 0.6) is 0 Å². The van der Waals surface area contributed by atoms with E-state index in [-0.39, 0.29) is 12.5 Å². The molecule has 0 amide bonds. The fourth-order valence-electron chi connectivity index (χ4n) is 0.699. The summed E-state index contributed by atoms with van der Waals surface area (Å²) in [6.07, 6.45) is 1.91. The molecule has 0 aliphatic rings. The van der Waals surface area contributed by atoms with E-state index in [0.29, 0.717) is 12.4 Å². The summed E-state index contributed by atoms with van der Waals surface area (Å²) < 4.78 is 18.4. The Hall–Kier alpha value is -0.260. The van der Waals surface area contributed by atoms with E-state index in [0.717, 1.165) is 12.8 Å². The van der Waals surface area contributed by atoms with Gasteiger partial charge in [0.1, 0.15) is 12.3 Å². The van der Waals surface area contributed by atoms with Crippen LogP contribution in [0, 0.1) is 0 Å². The van der Waals surface area contributed by atoms with E-state index in [2.05, 4.69) is 9.46 Å². The molecule has 1 N–H and O–H groups in total. The third kappa shape index (κ3) is 8.08. The van der Waals surface area contributed by atoms with Crippen molar-refractivity contribution in [2.75, 3.05) is 18.9 Å². The van der Waals surface area contributed by atoms with Gasteiger partial charge in [0.25, 0.3) is 0 Å². The largest absolute Gasteiger partial charge is 0.598 e. The summed E-state index contributed by atoms with van der Waals surface area (Å²) in [5, 5.41) is 0. The fourth-order valence-corrected chi connectivity index (χ4v) is 1.67. The minimum atomic E-state index is -1.09. The van der Waals surface area contributed by atoms with Crippen molar-refractivity contribution in [1.82, 2.24) is 4.72 Å². The van der Waals surface area contributed by atoms with Crippen molar-refractivity contribution < 1.29 is 14.1 Å². The maximum atomic E-state index is 11.1. The molecular weight excluding hydrogens is 190 g/mol. The molecule has 1 atom stereocenters. The van der Waals surface area contributed by atoms with Crippen molar-refractivity contribution in [2.45, 2.75) is 26.7 Å². The normalized spacial score (nSPS) is 12.5. The number of hydrogen-bond donors (Lipinski definition) is 1. The van der Waals surface area contributed by atoms with Crippen molar-refractivity contribution >= 4 is 17.3 Å². The third-order valence-electron chi connectivity index (χ3n) is 1.37. The monoisotopic (exact) mass is 207 g/mol. The van der Waals surface area contributed by atoms with Crippen molar-refractivity contribution in [2.24, 2.45) is 0 Å². The molecule has 0 fully saturated rings. The first-order valence-electron chi connectivity index (χ1n) is 4.48. The lowest BCUT2D eigenvalue weighted by Gasteiger charge is -2.09. The van der Waals surface area contributed by atoms with Gasteiger partial charge in [-0.05, 0) is 13.3 Å². The Morgan fingerprint density at radius 2 is 2.23 bits per heavy atom. The van der Waals surface area contributed by atoms with Crippen LogP contribution in [0.1, 0.15) is 26.7 Å². The zero-order valence-corrected chi connectivity index (χ0v) is 8.99. The third-order valence-corrected chi connectivity index (χ3v) is 2.49. The summed E-state index contributed by atoms with van der Waals surface area (Å²) in [4.78, 5) is 10.8. The molecule has 5 heteroatoms. The molecule has 0 saturated carbocycles. The van der Waals surface area contributed by atoms with Crippen LogP contribution in [-0.2, 0) is 20.9 Å². The topological polar surface area (TPSA) is 61.4 Å². The van der Waals surface area contributed by atoms with Crippen LogP contribution in [0.15, 0.2) is 0 Å². The van der Waals surface area contributed by atoms with E-state index in [4.69, 9.17) is 0 Å². The second-order valence-corrected chi connectivity index (χ2v) is 3.92. The van der Waals surface area contributed by atoms with Crippen molar-refractivity contribution in [3.63, 3.8) is 0 Å². The Labute approximate surface area is 82.3 Å². The van der Waals surface area contributed by atoms with Gasteiger partial charge in [0.15, 0.2) is 0 Å². The molecule has 0 aliphatic carbocycles. The summed E-state index contributed by atoms with van der Waals surface area (Å²) in [7, 11) is 0. The molecule has 0 aromatic carbocycles. The highest BCUT2D eigenvalue weighted by Gasteiger charge is 2.08. The molecule has 0 bridgehead atoms. The average molecular weight is 207 g/mol. The summed E-state index contributed by atoms with van der Waals surface area (Å²) in [5.74, 6) is 0.239. The first-order valence-corrected chi connectivity index (χ1v) is 5.80. The van der Waals surface area contributed by atoms with Gasteiger partial charge in [0.05, 0.1) is 6.61 Å². The number of unbranched alkanes of at least 4 members (excludes halogenated alkanes) is 1. The molecule has 13 heavy (non-hydrogen) atoms. The predicted molar refractivity (Wildman–Crippen MR) is 52.6 cm³/mol. The number of carbonyl (C=O) groups excluding carboxylic acids is 1. The number of hydrogen-bond acceptors (Lipinski definition) is 4. The van der Waals surface area contributed by atoms with Gasteiger partial charge >= 0.3 is 5.97 Å². The molecule has 1 unspecified atom stereocenters. The van der Waals surface area contributed by atoms with Gasteiger partial charge in [-0.3, -0.25) is 4.79 Å². The highest BCUT2D eigenvalue weighted by atomic mass is 32.2. The summed E-state index contributed by atoms with van der Waals surface area (Å²) in [5.41, 5.74) is 0. The van der Waals surface area contributed by atoms with Crippen molar-refractivity contribution in [3.8, 4) is 0 Å². The minimum absolute atomic E-state index is 0.0319. The van der Waals surface area contributed by atoms with E-state index in [1.54, 1.807) is 6.92 Å². The summed E-state index contributed by atoms with van der Waals surface area (Å²) in [6, 6.07) is 0. The first-order chi connectivity index (χ1) is 6.20. The molecule has 0 heterocycles. The maximum absolute atomic E-state index is 11.1. The quantitative estimate of drug-likeness (QED) is 0.490. The standard InChI is InChI=1S/C8H17NO3S/c1-3-5-6-13(11)9-7-8(10)12-4-2/h9H,3-7H2,1-2H3. The lowest BCUT2D eigenvalue weighted by molar-refractivity contribution is -0.141. The SMILES string of the molecule is CCCC[S+]([O-])NCC(=O)OCC. The second-order valence-electron chi connectivity index (χ2n) is 2.53. The molecule has 4 nitrogen and oxygen atoms in total. The zero-order valence-electron chi connectivity index (χ0n) is 8.17. The Kier molecular flexibility index (Phi) is 8.18. The molecule has 0 rings (SSSR count). The number of nitrogens with one attached hydrogen (secondary N) is 1. The van der Waals surface area contributed by atoms with Crippen molar-refractivity contribution in [3.05, 3.63) is 0 Å². The smallest absolute Gasteiger partial charge is 0.324 e. The van der Waals surface area contributed by atoms with E-state index in [1.807, 2.05) is 6.92 Å². The fraction of sp³-hybridized carbons (Fsp3) is 0.875. The second kappa shape index (κ2) is 8.34. The number of ether oxygens (including phenoxy) is 1. The van der Waals surface area contributed by atoms with Gasteiger partial charge < -0.3 is 9.29 Å². The van der Waals surface area contributed by atoms with Gasteiger partial charge in [0, 0.05) is 11.4 Å². The predicted octanol–water partition coefficient (Wildman–Crippen LogP) is 0.603. The Bertz CT molecular complexity index is 143. The van der Waals surface area contributed by atoms with E-state index >= 15 is 0 Å². The van der Waals surface area contributed by atoms with Crippen LogP contribution >= 0.6 is 0 Å². The van der Waals surface area contributed by atoms with E-state index in [9.17, 15) is 9.35 Å². The van der Waals surface area contributed by atoms with Crippen molar-refractivity contribution in [1.29, 1.82) is 0 Å². The Morgan fingerprint density at radius 3 is 2.77 bits per heavy atom. The molecular formula is C8H17NO3S. The van der Waals surface area contributed by atoms with Gasteiger partial charge in [-0.15, -0.1) is 4.72 Å². The number of rotatable bonds is 7. The van der Waals surface area contributed by atoms with Crippen LogP contribution in [0.3, 0.4) is 0 Å². The van der Waals surface area contributed by atoms with Crippen LogP contribution in [0.2, 0.25) is 0 Å². The highest BCUT2D eigenvalue weighted by molar-refractivity contribution is 7.89. The molecule has 0 saturated heterocycles. The average Bonchev–Trinajstić information content (AvgIpc) is 2.12. The maximum Gasteiger partial charge on any atom is 0.324 e. The molecule has 0 radical (unpaired) electrons. The molecule has 0 spiro atoms. The summed E-state index contributed by atoms with van der Waals surface area (Å²) >= 11 is -1.09. The summed E-state index contributed by atoms with van der Waals surface area (Å²) in [6.45, 7) is 4.17. The first kappa shape index (κ1) is 12.7. The van der Waals surface area contributed by atoms with Gasteiger partial charge in [0.2, 0.25) is 0 Å². The lowest BCUT2D eigenvalue weighted by Crippen LogP contribution is -2.32. The van der Waals surface area contributed by atoms with Gasteiger partial charge in [-0.2, -0.15) is 0 Å². The zero-order chi connectivity index (χ0) is 10.1. The van der Waals surface area contributed by atoms with Gasteiger partial charge in [-0.1, -0.05) is 13.3 Å². The number of carbonyl (C=O) groups is 1. The van der Waals surface area contributed by atoms with Crippen LogP contribution < -0.4 is 4.72 Å². The van der Waals surface area contributed by atoms with Crippen LogP contribution in [0.4, 0.5) is 0 Å².